The van der Waals surface area contributed by atoms with E-state index in [2.05, 4.69) is 0 Å². The molecule has 0 N–H and O–H groups in total. The molecule has 1 fully saturated rings. The van der Waals surface area contributed by atoms with E-state index in [9.17, 15) is 4.79 Å². The molecule has 1 aliphatic rings. The Balaban J connectivity index is 1.39. The third kappa shape index (κ3) is 9.32. The van der Waals surface area contributed by atoms with Gasteiger partial charge < -0.3 is 28.4 Å². The predicted molar refractivity (Wildman–Crippen MR) is 162 cm³/mol. The van der Waals surface area contributed by atoms with Gasteiger partial charge in [0.1, 0.15) is 24.4 Å². The summed E-state index contributed by atoms with van der Waals surface area (Å²) in [6, 6.07) is 39.6. The molecule has 0 saturated carbocycles. The Morgan fingerprint density at radius 2 is 1.07 bits per heavy atom. The third-order valence-corrected chi connectivity index (χ3v) is 7.13. The van der Waals surface area contributed by atoms with Crippen LogP contribution >= 0.6 is 0 Å². The van der Waals surface area contributed by atoms with Crippen molar-refractivity contribution < 1.29 is 33.2 Å². The van der Waals surface area contributed by atoms with Gasteiger partial charge in [-0.25, -0.2) is 0 Å². The van der Waals surface area contributed by atoms with Crippen LogP contribution in [-0.4, -0.2) is 43.3 Å². The summed E-state index contributed by atoms with van der Waals surface area (Å²) in [5.74, 6) is -0.470. The van der Waals surface area contributed by atoms with Crippen LogP contribution in [0, 0.1) is 0 Å². The van der Waals surface area contributed by atoms with Gasteiger partial charge in [0.05, 0.1) is 33.0 Å². The fourth-order valence-corrected chi connectivity index (χ4v) is 4.99. The monoisotopic (exact) mass is 582 g/mol. The van der Waals surface area contributed by atoms with E-state index in [0.29, 0.717) is 26.4 Å². The summed E-state index contributed by atoms with van der Waals surface area (Å²) in [4.78, 5) is 12.2. The first kappa shape index (κ1) is 30.6. The third-order valence-electron chi connectivity index (χ3n) is 7.13. The van der Waals surface area contributed by atoms with Gasteiger partial charge in [-0.2, -0.15) is 0 Å². The first-order valence-corrected chi connectivity index (χ1v) is 14.6. The number of carbonyl (C=O) groups is 1. The standard InChI is InChI=1S/C36H38O7/c1-27(37)42-36-35(41-25-31-20-12-5-13-21-31)34(40-24-30-18-10-4-11-19-30)33(43-36)32(39-23-29-16-8-3-9-17-29)26-38-22-28-14-6-2-7-15-28/h2-21,32-36H,22-26H2,1H3/t32-,33+,34+,35-,36-/m1/s1. The van der Waals surface area contributed by atoms with E-state index in [0.717, 1.165) is 22.3 Å². The van der Waals surface area contributed by atoms with Crippen LogP contribution < -0.4 is 0 Å². The van der Waals surface area contributed by atoms with Crippen LogP contribution in [0.3, 0.4) is 0 Å². The summed E-state index contributed by atoms with van der Waals surface area (Å²) in [6.45, 7) is 2.96. The summed E-state index contributed by atoms with van der Waals surface area (Å²) in [6.07, 6.45) is -3.49. The molecule has 0 amide bonds. The largest absolute Gasteiger partial charge is 0.433 e. The molecule has 0 unspecified atom stereocenters. The average molecular weight is 583 g/mol. The molecule has 0 spiro atoms. The number of esters is 1. The van der Waals surface area contributed by atoms with Crippen molar-refractivity contribution in [2.75, 3.05) is 6.61 Å². The number of hydrogen-bond acceptors (Lipinski definition) is 7. The van der Waals surface area contributed by atoms with Gasteiger partial charge in [-0.15, -0.1) is 0 Å². The Hall–Kier alpha value is -3.85. The molecule has 0 aliphatic carbocycles. The highest BCUT2D eigenvalue weighted by atomic mass is 16.7. The summed E-state index contributed by atoms with van der Waals surface area (Å²) in [5, 5.41) is 0. The summed E-state index contributed by atoms with van der Waals surface area (Å²) in [5.41, 5.74) is 4.05. The van der Waals surface area contributed by atoms with Crippen molar-refractivity contribution in [2.24, 2.45) is 0 Å². The zero-order chi connectivity index (χ0) is 29.7. The highest BCUT2D eigenvalue weighted by Gasteiger charge is 2.51. The minimum absolute atomic E-state index is 0.232. The van der Waals surface area contributed by atoms with Gasteiger partial charge in [-0.3, -0.25) is 4.79 Å². The van der Waals surface area contributed by atoms with Gasteiger partial charge in [0.25, 0.3) is 0 Å². The van der Waals surface area contributed by atoms with Gasteiger partial charge in [0.2, 0.25) is 6.29 Å². The minimum Gasteiger partial charge on any atom is -0.433 e. The van der Waals surface area contributed by atoms with Gasteiger partial charge in [-0.1, -0.05) is 121 Å². The molecule has 7 heteroatoms. The molecule has 0 bridgehead atoms. The van der Waals surface area contributed by atoms with Gasteiger partial charge in [0, 0.05) is 6.92 Å². The van der Waals surface area contributed by atoms with Crippen molar-refractivity contribution >= 4 is 5.97 Å². The number of rotatable bonds is 15. The van der Waals surface area contributed by atoms with Crippen LogP contribution in [0.15, 0.2) is 121 Å². The maximum atomic E-state index is 12.2. The van der Waals surface area contributed by atoms with Crippen molar-refractivity contribution in [1.29, 1.82) is 0 Å². The lowest BCUT2D eigenvalue weighted by atomic mass is 10.0. The topological polar surface area (TPSA) is 72.5 Å². The predicted octanol–water partition coefficient (Wildman–Crippen LogP) is 6.25. The van der Waals surface area contributed by atoms with Crippen molar-refractivity contribution in [3.05, 3.63) is 144 Å². The van der Waals surface area contributed by atoms with Crippen LogP contribution in [0.5, 0.6) is 0 Å². The molecule has 0 aromatic heterocycles. The van der Waals surface area contributed by atoms with Crippen LogP contribution in [-0.2, 0) is 59.6 Å². The van der Waals surface area contributed by atoms with E-state index >= 15 is 0 Å². The second-order valence-corrected chi connectivity index (χ2v) is 10.4. The highest BCUT2D eigenvalue weighted by molar-refractivity contribution is 5.66. The first-order valence-electron chi connectivity index (χ1n) is 14.6. The SMILES string of the molecule is CC(=O)O[C@@H]1O[C@@H]([C@@H](COCc2ccccc2)OCc2ccccc2)[C@H](OCc2ccccc2)[C@H]1OCc1ccccc1. The molecule has 7 nitrogen and oxygen atoms in total. The molecule has 4 aromatic rings. The van der Waals surface area contributed by atoms with Crippen LogP contribution in [0.2, 0.25) is 0 Å². The smallest absolute Gasteiger partial charge is 0.305 e. The van der Waals surface area contributed by atoms with Crippen molar-refractivity contribution in [1.82, 2.24) is 0 Å². The van der Waals surface area contributed by atoms with E-state index < -0.39 is 36.7 Å². The molecule has 5 atom stereocenters. The van der Waals surface area contributed by atoms with E-state index in [1.807, 2.05) is 121 Å². The van der Waals surface area contributed by atoms with Crippen LogP contribution in [0.1, 0.15) is 29.2 Å². The zero-order valence-electron chi connectivity index (χ0n) is 24.3. The second-order valence-electron chi connectivity index (χ2n) is 10.4. The molecule has 1 aliphatic heterocycles. The van der Waals surface area contributed by atoms with E-state index in [1.165, 1.54) is 6.92 Å². The molecule has 0 radical (unpaired) electrons. The number of carbonyl (C=O) groups excluding carboxylic acids is 1. The van der Waals surface area contributed by atoms with Crippen LogP contribution in [0.4, 0.5) is 0 Å². The van der Waals surface area contributed by atoms with Crippen molar-refractivity contribution in [3.8, 4) is 0 Å². The van der Waals surface area contributed by atoms with Gasteiger partial charge in [0.15, 0.2) is 0 Å². The first-order chi connectivity index (χ1) is 21.2. The summed E-state index contributed by atoms with van der Waals surface area (Å²) < 4.78 is 37.6. The molecule has 224 valence electrons. The zero-order valence-corrected chi connectivity index (χ0v) is 24.3. The lowest BCUT2D eigenvalue weighted by Gasteiger charge is -2.29. The van der Waals surface area contributed by atoms with E-state index in [-0.39, 0.29) is 6.61 Å². The van der Waals surface area contributed by atoms with E-state index in [4.69, 9.17) is 28.4 Å². The molecule has 1 saturated heterocycles. The Kier molecular flexibility index (Phi) is 11.5. The fourth-order valence-electron chi connectivity index (χ4n) is 4.99. The van der Waals surface area contributed by atoms with Crippen LogP contribution in [0.25, 0.3) is 0 Å². The average Bonchev–Trinajstić information content (AvgIpc) is 3.38. The minimum atomic E-state index is -0.982. The fraction of sp³-hybridized carbons (Fsp3) is 0.306. The molecule has 5 rings (SSSR count). The highest BCUT2D eigenvalue weighted by Crippen LogP contribution is 2.33. The number of ether oxygens (including phenoxy) is 6. The van der Waals surface area contributed by atoms with E-state index in [1.54, 1.807) is 0 Å². The lowest BCUT2D eigenvalue weighted by molar-refractivity contribution is -0.202. The maximum absolute atomic E-state index is 12.2. The van der Waals surface area contributed by atoms with Gasteiger partial charge in [-0.05, 0) is 22.3 Å². The van der Waals surface area contributed by atoms with Gasteiger partial charge >= 0.3 is 5.97 Å². The summed E-state index contributed by atoms with van der Waals surface area (Å²) in [7, 11) is 0. The Morgan fingerprint density at radius 1 is 0.628 bits per heavy atom. The Morgan fingerprint density at radius 3 is 1.56 bits per heavy atom. The molecule has 1 heterocycles. The van der Waals surface area contributed by atoms with Crippen molar-refractivity contribution in [3.63, 3.8) is 0 Å². The Bertz CT molecular complexity index is 1350. The normalized spacial score (nSPS) is 20.5. The van der Waals surface area contributed by atoms with Crippen molar-refractivity contribution in [2.45, 2.75) is 64.1 Å². The number of benzene rings is 4. The lowest BCUT2D eigenvalue weighted by Crippen LogP contribution is -2.45. The Labute approximate surface area is 253 Å². The quantitative estimate of drug-likeness (QED) is 0.154. The molecular formula is C36H38O7. The molecule has 4 aromatic carbocycles. The summed E-state index contributed by atoms with van der Waals surface area (Å²) >= 11 is 0. The molecule has 43 heavy (non-hydrogen) atoms. The molecular weight excluding hydrogens is 544 g/mol. The second kappa shape index (κ2) is 16.1. The number of hydrogen-bond donors (Lipinski definition) is 0. The maximum Gasteiger partial charge on any atom is 0.305 e.